The van der Waals surface area contributed by atoms with Gasteiger partial charge in [-0.25, -0.2) is 9.97 Å². The average Bonchev–Trinajstić information content (AvgIpc) is 2.76. The third-order valence-corrected chi connectivity index (χ3v) is 4.45. The molecule has 0 bridgehead atoms. The maximum Gasteiger partial charge on any atom is 0.177 e. The van der Waals surface area contributed by atoms with Crippen molar-refractivity contribution in [3.05, 3.63) is 16.4 Å². The molecule has 0 atom stereocenters. The highest BCUT2D eigenvalue weighted by Gasteiger charge is 2.07. The molecule has 0 aromatic carbocycles. The molecule has 2 aromatic heterocycles. The summed E-state index contributed by atoms with van der Waals surface area (Å²) in [6, 6.07) is 0. The molecule has 7 heteroatoms. The topological polar surface area (TPSA) is 38.7 Å². The molecule has 0 saturated heterocycles. The Hall–Kier alpha value is -0.170. The highest BCUT2D eigenvalue weighted by Crippen LogP contribution is 2.32. The molecular formula is C7H6ClN3S3. The summed E-state index contributed by atoms with van der Waals surface area (Å²) in [7, 11) is 0. The van der Waals surface area contributed by atoms with Crippen molar-refractivity contribution < 1.29 is 0 Å². The van der Waals surface area contributed by atoms with Crippen LogP contribution in [0, 0.1) is 0 Å². The lowest BCUT2D eigenvalue weighted by molar-refractivity contribution is 0.971. The van der Waals surface area contributed by atoms with E-state index in [4.69, 9.17) is 11.6 Å². The fourth-order valence-corrected chi connectivity index (χ4v) is 3.68. The highest BCUT2D eigenvalue weighted by molar-refractivity contribution is 8.02. The first-order valence-corrected chi connectivity index (χ1v) is 6.74. The smallest absolute Gasteiger partial charge is 0.177 e. The number of thiazole rings is 1. The second-order valence-corrected chi connectivity index (χ2v) is 5.86. The van der Waals surface area contributed by atoms with Crippen LogP contribution in [0.2, 0.25) is 5.15 Å². The fraction of sp³-hybridized carbons (Fsp3) is 0.286. The lowest BCUT2D eigenvalue weighted by Crippen LogP contribution is -1.80. The van der Waals surface area contributed by atoms with E-state index in [1.165, 1.54) is 34.6 Å². The van der Waals surface area contributed by atoms with E-state index in [0.29, 0.717) is 5.15 Å². The lowest BCUT2D eigenvalue weighted by Gasteiger charge is -1.87. The summed E-state index contributed by atoms with van der Waals surface area (Å²) >= 11 is 10.1. The van der Waals surface area contributed by atoms with E-state index in [1.807, 2.05) is 12.3 Å². The van der Waals surface area contributed by atoms with Crippen molar-refractivity contribution in [2.24, 2.45) is 0 Å². The van der Waals surface area contributed by atoms with Crippen LogP contribution in [-0.4, -0.2) is 14.3 Å². The molecule has 0 N–H and O–H groups in total. The van der Waals surface area contributed by atoms with E-state index in [9.17, 15) is 0 Å². The Balaban J connectivity index is 2.10. The number of aryl methyl sites for hydroxylation is 1. The van der Waals surface area contributed by atoms with Crippen molar-refractivity contribution in [2.75, 3.05) is 0 Å². The van der Waals surface area contributed by atoms with Crippen molar-refractivity contribution in [1.29, 1.82) is 0 Å². The van der Waals surface area contributed by atoms with Gasteiger partial charge in [0.05, 0.1) is 0 Å². The monoisotopic (exact) mass is 263 g/mol. The van der Waals surface area contributed by atoms with Crippen molar-refractivity contribution >= 4 is 46.2 Å². The van der Waals surface area contributed by atoms with Gasteiger partial charge in [-0.05, 0) is 23.3 Å². The second-order valence-electron chi connectivity index (χ2n) is 2.37. The van der Waals surface area contributed by atoms with E-state index >= 15 is 0 Å². The molecule has 14 heavy (non-hydrogen) atoms. The first-order chi connectivity index (χ1) is 6.78. The van der Waals surface area contributed by atoms with E-state index in [2.05, 4.69) is 14.3 Å². The van der Waals surface area contributed by atoms with Crippen LogP contribution in [0.4, 0.5) is 0 Å². The van der Waals surface area contributed by atoms with Gasteiger partial charge in [0.2, 0.25) is 0 Å². The van der Waals surface area contributed by atoms with Gasteiger partial charge in [-0.15, -0.1) is 11.3 Å². The predicted molar refractivity (Wildman–Crippen MR) is 60.5 cm³/mol. The molecule has 0 radical (unpaired) electrons. The van der Waals surface area contributed by atoms with Crippen LogP contribution in [0.3, 0.4) is 0 Å². The minimum Gasteiger partial charge on any atom is -0.218 e. The summed E-state index contributed by atoms with van der Waals surface area (Å²) in [5.41, 5.74) is 0. The molecule has 74 valence electrons. The third-order valence-electron chi connectivity index (χ3n) is 1.40. The van der Waals surface area contributed by atoms with Crippen LogP contribution < -0.4 is 0 Å². The molecule has 0 amide bonds. The number of halogens is 1. The van der Waals surface area contributed by atoms with Crippen LogP contribution in [0.25, 0.3) is 0 Å². The maximum atomic E-state index is 5.71. The van der Waals surface area contributed by atoms with Gasteiger partial charge in [0.25, 0.3) is 0 Å². The fourth-order valence-electron chi connectivity index (χ4n) is 0.784. The SMILES string of the molecule is CCc1nsc(Sc2nc(Cl)cs2)n1. The minimum absolute atomic E-state index is 0.540. The Morgan fingerprint density at radius 3 is 2.86 bits per heavy atom. The molecule has 3 nitrogen and oxygen atoms in total. The first kappa shape index (κ1) is 10.4. The van der Waals surface area contributed by atoms with Gasteiger partial charge in [0, 0.05) is 11.8 Å². The van der Waals surface area contributed by atoms with Crippen molar-refractivity contribution in [1.82, 2.24) is 14.3 Å². The quantitative estimate of drug-likeness (QED) is 0.851. The molecule has 0 aliphatic carbocycles. The average molecular weight is 264 g/mol. The highest BCUT2D eigenvalue weighted by atomic mass is 35.5. The van der Waals surface area contributed by atoms with Crippen LogP contribution >= 0.6 is 46.2 Å². The molecule has 0 saturated carbocycles. The van der Waals surface area contributed by atoms with Gasteiger partial charge in [-0.2, -0.15) is 4.37 Å². The Bertz CT molecular complexity index is 425. The van der Waals surface area contributed by atoms with Gasteiger partial charge >= 0.3 is 0 Å². The van der Waals surface area contributed by atoms with E-state index < -0.39 is 0 Å². The lowest BCUT2D eigenvalue weighted by atomic mass is 10.5. The Kier molecular flexibility index (Phi) is 3.38. The molecule has 2 heterocycles. The molecule has 0 aliphatic rings. The number of nitrogens with zero attached hydrogens (tertiary/aromatic N) is 3. The van der Waals surface area contributed by atoms with Crippen LogP contribution in [-0.2, 0) is 6.42 Å². The summed E-state index contributed by atoms with van der Waals surface area (Å²) in [5, 5.41) is 2.35. The summed E-state index contributed by atoms with van der Waals surface area (Å²) in [6.45, 7) is 2.04. The van der Waals surface area contributed by atoms with Gasteiger partial charge in [0.1, 0.15) is 11.0 Å². The van der Waals surface area contributed by atoms with Crippen molar-refractivity contribution in [3.8, 4) is 0 Å². The van der Waals surface area contributed by atoms with Crippen molar-refractivity contribution in [3.63, 3.8) is 0 Å². The largest absolute Gasteiger partial charge is 0.218 e. The van der Waals surface area contributed by atoms with E-state index in [0.717, 1.165) is 20.9 Å². The van der Waals surface area contributed by atoms with Gasteiger partial charge in [0.15, 0.2) is 8.68 Å². The van der Waals surface area contributed by atoms with Crippen LogP contribution in [0.15, 0.2) is 14.1 Å². The molecule has 0 fully saturated rings. The number of hydrogen-bond donors (Lipinski definition) is 0. The zero-order chi connectivity index (χ0) is 9.97. The van der Waals surface area contributed by atoms with E-state index in [1.54, 1.807) is 0 Å². The minimum atomic E-state index is 0.540. The Morgan fingerprint density at radius 1 is 1.43 bits per heavy atom. The van der Waals surface area contributed by atoms with Gasteiger partial charge in [-0.1, -0.05) is 18.5 Å². The molecular weight excluding hydrogens is 258 g/mol. The molecule has 2 rings (SSSR count). The van der Waals surface area contributed by atoms with Gasteiger partial charge < -0.3 is 0 Å². The van der Waals surface area contributed by atoms with E-state index in [-0.39, 0.29) is 0 Å². The zero-order valence-electron chi connectivity index (χ0n) is 7.23. The predicted octanol–water partition coefficient (Wildman–Crippen LogP) is 3.36. The molecule has 0 aliphatic heterocycles. The van der Waals surface area contributed by atoms with Crippen LogP contribution in [0.1, 0.15) is 12.7 Å². The number of hydrogen-bond acceptors (Lipinski definition) is 6. The Morgan fingerprint density at radius 2 is 2.29 bits per heavy atom. The zero-order valence-corrected chi connectivity index (χ0v) is 10.4. The normalized spacial score (nSPS) is 10.7. The number of aromatic nitrogens is 3. The molecule has 2 aromatic rings. The second kappa shape index (κ2) is 4.57. The summed E-state index contributed by atoms with van der Waals surface area (Å²) in [4.78, 5) is 8.45. The maximum absolute atomic E-state index is 5.71. The third kappa shape index (κ3) is 2.44. The Labute approximate surface area is 98.7 Å². The summed E-state index contributed by atoms with van der Waals surface area (Å²) in [6.07, 6.45) is 0.871. The molecule has 0 spiro atoms. The molecule has 0 unspecified atom stereocenters. The standard InChI is InChI=1S/C7H6ClN3S3/c1-2-5-10-7(14-11-5)13-6-9-4(8)3-12-6/h3H,2H2,1H3. The first-order valence-electron chi connectivity index (χ1n) is 3.89. The summed E-state index contributed by atoms with van der Waals surface area (Å²) in [5.74, 6) is 0.889. The van der Waals surface area contributed by atoms with Crippen LogP contribution in [0.5, 0.6) is 0 Å². The number of rotatable bonds is 3. The van der Waals surface area contributed by atoms with Crippen molar-refractivity contribution in [2.45, 2.75) is 22.0 Å². The summed E-state index contributed by atoms with van der Waals surface area (Å²) < 4.78 is 6.03. The van der Waals surface area contributed by atoms with Gasteiger partial charge in [-0.3, -0.25) is 0 Å².